The van der Waals surface area contributed by atoms with Crippen molar-refractivity contribution >= 4 is 11.9 Å². The van der Waals surface area contributed by atoms with Crippen molar-refractivity contribution in [3.8, 4) is 0 Å². The Kier molecular flexibility index (Phi) is 2.56. The summed E-state index contributed by atoms with van der Waals surface area (Å²) in [6, 6.07) is -0.313. The molecular weight excluding hydrogens is 170 g/mol. The second-order valence-electron chi connectivity index (χ2n) is 4.01. The fourth-order valence-electron chi connectivity index (χ4n) is 1.11. The Hall–Kier alpha value is -1.10. The van der Waals surface area contributed by atoms with Gasteiger partial charge in [-0.1, -0.05) is 13.8 Å². The minimum absolute atomic E-state index is 0.111. The van der Waals surface area contributed by atoms with E-state index < -0.39 is 0 Å². The molecule has 0 aromatic carbocycles. The number of carbonyl (C=O) groups is 2. The van der Waals surface area contributed by atoms with Gasteiger partial charge in [0.2, 0.25) is 5.91 Å². The lowest BCUT2D eigenvalue weighted by atomic mass is 9.93. The molecule has 0 aromatic heterocycles. The van der Waals surface area contributed by atoms with Crippen LogP contribution in [0.1, 0.15) is 13.8 Å². The summed E-state index contributed by atoms with van der Waals surface area (Å²) >= 11 is 0. The molecule has 5 nitrogen and oxygen atoms in total. The van der Waals surface area contributed by atoms with E-state index in [1.165, 1.54) is 4.90 Å². The normalized spacial score (nSPS) is 17.9. The van der Waals surface area contributed by atoms with Gasteiger partial charge in [0, 0.05) is 6.54 Å². The maximum atomic E-state index is 11.2. The topological polar surface area (TPSA) is 75.4 Å². The van der Waals surface area contributed by atoms with Crippen LogP contribution < -0.4 is 11.1 Å². The van der Waals surface area contributed by atoms with Crippen molar-refractivity contribution in [3.63, 3.8) is 0 Å². The van der Waals surface area contributed by atoms with Gasteiger partial charge >= 0.3 is 6.03 Å². The summed E-state index contributed by atoms with van der Waals surface area (Å²) in [4.78, 5) is 23.5. The van der Waals surface area contributed by atoms with Gasteiger partial charge in [-0.05, 0) is 12.0 Å². The van der Waals surface area contributed by atoms with Crippen LogP contribution >= 0.6 is 0 Å². The van der Waals surface area contributed by atoms with Crippen molar-refractivity contribution in [1.29, 1.82) is 0 Å². The molecule has 3 N–H and O–H groups in total. The molecule has 0 spiro atoms. The highest BCUT2D eigenvalue weighted by atomic mass is 16.2. The zero-order valence-electron chi connectivity index (χ0n) is 7.96. The van der Waals surface area contributed by atoms with E-state index in [-0.39, 0.29) is 23.9 Å². The summed E-state index contributed by atoms with van der Waals surface area (Å²) in [5.41, 5.74) is 5.29. The second kappa shape index (κ2) is 3.33. The molecule has 1 fully saturated rings. The average Bonchev–Trinajstić information content (AvgIpc) is 2.36. The van der Waals surface area contributed by atoms with Crippen LogP contribution in [0.4, 0.5) is 4.79 Å². The lowest BCUT2D eigenvalue weighted by Gasteiger charge is -2.26. The molecule has 1 aliphatic heterocycles. The molecule has 0 bridgehead atoms. The Labute approximate surface area is 77.3 Å². The van der Waals surface area contributed by atoms with Gasteiger partial charge in [0.25, 0.3) is 0 Å². The lowest BCUT2D eigenvalue weighted by Crippen LogP contribution is -2.42. The van der Waals surface area contributed by atoms with Crippen LogP contribution in [0.25, 0.3) is 0 Å². The van der Waals surface area contributed by atoms with Gasteiger partial charge in [-0.25, -0.2) is 4.79 Å². The fourth-order valence-corrected chi connectivity index (χ4v) is 1.11. The predicted octanol–water partition coefficient (Wildman–Crippen LogP) is -0.477. The maximum Gasteiger partial charge on any atom is 0.324 e. The van der Waals surface area contributed by atoms with Crippen molar-refractivity contribution in [1.82, 2.24) is 10.2 Å². The molecular formula is C8H15N3O2. The van der Waals surface area contributed by atoms with Gasteiger partial charge in [-0.15, -0.1) is 0 Å². The number of amides is 3. The highest BCUT2D eigenvalue weighted by Crippen LogP contribution is 2.16. The van der Waals surface area contributed by atoms with E-state index in [1.807, 2.05) is 13.8 Å². The van der Waals surface area contributed by atoms with Gasteiger partial charge in [0.1, 0.15) is 0 Å². The Balaban J connectivity index is 2.62. The summed E-state index contributed by atoms with van der Waals surface area (Å²) in [5.74, 6) is -0.175. The van der Waals surface area contributed by atoms with Crippen LogP contribution in [0.2, 0.25) is 0 Å². The lowest BCUT2D eigenvalue weighted by molar-refractivity contribution is -0.125. The van der Waals surface area contributed by atoms with Gasteiger partial charge < -0.3 is 11.1 Å². The first-order chi connectivity index (χ1) is 5.96. The van der Waals surface area contributed by atoms with Gasteiger partial charge in [0.15, 0.2) is 0 Å². The van der Waals surface area contributed by atoms with Crippen molar-refractivity contribution in [2.75, 3.05) is 19.6 Å². The molecule has 1 saturated heterocycles. The first-order valence-electron chi connectivity index (χ1n) is 4.24. The molecule has 1 aliphatic rings. The molecule has 0 saturated carbocycles. The molecule has 3 amide bonds. The van der Waals surface area contributed by atoms with Crippen molar-refractivity contribution < 1.29 is 9.59 Å². The number of rotatable bonds is 3. The van der Waals surface area contributed by atoms with Gasteiger partial charge in [0.05, 0.1) is 6.54 Å². The maximum absolute atomic E-state index is 11.2. The number of nitrogens with two attached hydrogens (primary N) is 1. The van der Waals surface area contributed by atoms with Crippen LogP contribution in [0, 0.1) is 5.41 Å². The van der Waals surface area contributed by atoms with Crippen LogP contribution in [-0.2, 0) is 4.79 Å². The zero-order valence-corrected chi connectivity index (χ0v) is 7.96. The minimum atomic E-state index is -0.313. The highest BCUT2D eigenvalue weighted by Gasteiger charge is 2.32. The Bertz CT molecular complexity index is 222. The van der Waals surface area contributed by atoms with E-state index in [0.717, 1.165) is 0 Å². The predicted molar refractivity (Wildman–Crippen MR) is 47.9 cm³/mol. The molecule has 1 rings (SSSR count). The number of nitrogens with zero attached hydrogens (tertiary/aromatic N) is 1. The largest absolute Gasteiger partial charge is 0.330 e. The van der Waals surface area contributed by atoms with E-state index in [0.29, 0.717) is 13.1 Å². The van der Waals surface area contributed by atoms with Crippen LogP contribution in [0.3, 0.4) is 0 Å². The number of urea groups is 1. The summed E-state index contributed by atoms with van der Waals surface area (Å²) in [6.45, 7) is 4.79. The highest BCUT2D eigenvalue weighted by molar-refractivity contribution is 6.01. The SMILES string of the molecule is CC(C)(CN)CN1C(=O)CNC1=O. The summed E-state index contributed by atoms with van der Waals surface area (Å²) < 4.78 is 0. The molecule has 1 heterocycles. The van der Waals surface area contributed by atoms with Gasteiger partial charge in [-0.2, -0.15) is 0 Å². The molecule has 13 heavy (non-hydrogen) atoms. The van der Waals surface area contributed by atoms with E-state index in [1.54, 1.807) is 0 Å². The zero-order chi connectivity index (χ0) is 10.1. The van der Waals surface area contributed by atoms with Crippen LogP contribution in [0.15, 0.2) is 0 Å². The van der Waals surface area contributed by atoms with Crippen LogP contribution in [-0.4, -0.2) is 36.5 Å². The van der Waals surface area contributed by atoms with E-state index in [2.05, 4.69) is 5.32 Å². The van der Waals surface area contributed by atoms with Crippen molar-refractivity contribution in [2.45, 2.75) is 13.8 Å². The van der Waals surface area contributed by atoms with E-state index in [9.17, 15) is 9.59 Å². The molecule has 5 heteroatoms. The first kappa shape index (κ1) is 9.98. The van der Waals surface area contributed by atoms with Crippen molar-refractivity contribution in [3.05, 3.63) is 0 Å². The number of imide groups is 1. The molecule has 0 unspecified atom stereocenters. The standard InChI is InChI=1S/C8H15N3O2/c1-8(2,4-9)5-11-6(12)3-10-7(11)13/h3-5,9H2,1-2H3,(H,10,13). The molecule has 0 atom stereocenters. The Morgan fingerprint density at radius 3 is 2.54 bits per heavy atom. The smallest absolute Gasteiger partial charge is 0.324 e. The average molecular weight is 185 g/mol. The number of hydrogen-bond acceptors (Lipinski definition) is 3. The number of carbonyl (C=O) groups excluding carboxylic acids is 2. The third kappa shape index (κ3) is 2.18. The quantitative estimate of drug-likeness (QED) is 0.583. The summed E-state index contributed by atoms with van der Waals surface area (Å²) in [7, 11) is 0. The minimum Gasteiger partial charge on any atom is -0.330 e. The molecule has 74 valence electrons. The van der Waals surface area contributed by atoms with Crippen molar-refractivity contribution in [2.24, 2.45) is 11.1 Å². The second-order valence-corrected chi connectivity index (χ2v) is 4.01. The van der Waals surface area contributed by atoms with Crippen LogP contribution in [0.5, 0.6) is 0 Å². The van der Waals surface area contributed by atoms with E-state index in [4.69, 9.17) is 5.73 Å². The third-order valence-corrected chi connectivity index (χ3v) is 2.08. The number of hydrogen-bond donors (Lipinski definition) is 2. The molecule has 0 aromatic rings. The Morgan fingerprint density at radius 2 is 2.15 bits per heavy atom. The summed E-state index contributed by atoms with van der Waals surface area (Å²) in [6.07, 6.45) is 0. The molecule has 0 radical (unpaired) electrons. The van der Waals surface area contributed by atoms with Gasteiger partial charge in [-0.3, -0.25) is 9.69 Å². The number of nitrogens with one attached hydrogen (secondary N) is 1. The molecule has 0 aliphatic carbocycles. The first-order valence-corrected chi connectivity index (χ1v) is 4.24. The Morgan fingerprint density at radius 1 is 1.54 bits per heavy atom. The van der Waals surface area contributed by atoms with E-state index >= 15 is 0 Å². The third-order valence-electron chi connectivity index (χ3n) is 2.08. The summed E-state index contributed by atoms with van der Waals surface area (Å²) in [5, 5.41) is 2.46. The monoisotopic (exact) mass is 185 g/mol. The fraction of sp³-hybridized carbons (Fsp3) is 0.750.